The number of para-hydroxylation sites is 1. The van der Waals surface area contributed by atoms with Crippen molar-refractivity contribution in [2.75, 3.05) is 25.0 Å². The molecular weight excluding hydrogens is 346 g/mol. The predicted molar refractivity (Wildman–Crippen MR) is 103 cm³/mol. The Kier molecular flexibility index (Phi) is 4.31. The number of hydrogen-bond donors (Lipinski definition) is 0. The van der Waals surface area contributed by atoms with Gasteiger partial charge in [-0.1, -0.05) is 25.1 Å². The molecule has 2 aromatic rings. The van der Waals surface area contributed by atoms with E-state index in [0.717, 1.165) is 41.9 Å². The molecule has 0 unspecified atom stereocenters. The normalized spacial score (nSPS) is 22.2. The van der Waals surface area contributed by atoms with Crippen LogP contribution in [-0.2, 0) is 16.6 Å². The van der Waals surface area contributed by atoms with Crippen molar-refractivity contribution in [1.82, 2.24) is 9.88 Å². The molecule has 1 aromatic heterocycles. The van der Waals surface area contributed by atoms with Crippen LogP contribution in [-0.4, -0.2) is 41.8 Å². The van der Waals surface area contributed by atoms with Crippen LogP contribution in [0.4, 0.5) is 5.69 Å². The minimum atomic E-state index is -0.610. The van der Waals surface area contributed by atoms with Crippen molar-refractivity contribution in [2.45, 2.75) is 38.0 Å². The molecular formula is C20H23N3O2S. The third-order valence-electron chi connectivity index (χ3n) is 5.51. The smallest absolute Gasteiger partial charge is 0.273 e. The lowest BCUT2D eigenvalue weighted by Gasteiger charge is -2.39. The van der Waals surface area contributed by atoms with Gasteiger partial charge in [0.2, 0.25) is 5.91 Å². The van der Waals surface area contributed by atoms with Gasteiger partial charge in [0.25, 0.3) is 5.91 Å². The van der Waals surface area contributed by atoms with Gasteiger partial charge in [0.15, 0.2) is 0 Å². The number of carbonyl (C=O) groups is 2. The molecule has 0 aliphatic carbocycles. The Hall–Kier alpha value is -2.21. The summed E-state index contributed by atoms with van der Waals surface area (Å²) in [6.07, 6.45) is 3.53. The Morgan fingerprint density at radius 3 is 2.96 bits per heavy atom. The van der Waals surface area contributed by atoms with E-state index in [1.54, 1.807) is 16.2 Å². The van der Waals surface area contributed by atoms with Crippen molar-refractivity contribution in [3.63, 3.8) is 0 Å². The van der Waals surface area contributed by atoms with Crippen molar-refractivity contribution in [3.05, 3.63) is 45.9 Å². The van der Waals surface area contributed by atoms with Gasteiger partial charge in [0.1, 0.15) is 5.69 Å². The molecule has 5 nitrogen and oxygen atoms in total. The Morgan fingerprint density at radius 1 is 1.35 bits per heavy atom. The number of aryl methyl sites for hydroxylation is 1. The maximum Gasteiger partial charge on any atom is 0.273 e. The second kappa shape index (κ2) is 6.50. The van der Waals surface area contributed by atoms with Crippen LogP contribution in [0.5, 0.6) is 0 Å². The molecule has 6 heteroatoms. The molecule has 0 N–H and O–H groups in total. The van der Waals surface area contributed by atoms with E-state index in [1.807, 2.05) is 41.6 Å². The molecule has 1 atom stereocenters. The third-order valence-corrected chi connectivity index (χ3v) is 6.42. The largest absolute Gasteiger partial charge is 0.336 e. The Balaban J connectivity index is 1.63. The summed E-state index contributed by atoms with van der Waals surface area (Å²) in [4.78, 5) is 34.2. The molecule has 136 valence electrons. The monoisotopic (exact) mass is 369 g/mol. The number of likely N-dealkylation sites (N-methyl/N-ethyl adjacent to an activating group) is 1. The molecule has 4 rings (SSSR count). The second-order valence-corrected chi connectivity index (χ2v) is 8.11. The highest BCUT2D eigenvalue weighted by atomic mass is 32.1. The van der Waals surface area contributed by atoms with Gasteiger partial charge in [-0.25, -0.2) is 4.98 Å². The summed E-state index contributed by atoms with van der Waals surface area (Å²) in [5.41, 5.74) is 1.92. The van der Waals surface area contributed by atoms with Gasteiger partial charge in [-0.15, -0.1) is 11.3 Å². The second-order valence-electron chi connectivity index (χ2n) is 7.17. The van der Waals surface area contributed by atoms with Crippen molar-refractivity contribution in [1.29, 1.82) is 0 Å². The van der Waals surface area contributed by atoms with Crippen molar-refractivity contribution >= 4 is 28.8 Å². The lowest BCUT2D eigenvalue weighted by atomic mass is 9.75. The third kappa shape index (κ3) is 2.55. The number of amides is 2. The fourth-order valence-electron chi connectivity index (χ4n) is 4.24. The van der Waals surface area contributed by atoms with E-state index >= 15 is 0 Å². The fraction of sp³-hybridized carbons (Fsp3) is 0.450. The van der Waals surface area contributed by atoms with Crippen LogP contribution < -0.4 is 4.90 Å². The van der Waals surface area contributed by atoms with E-state index in [2.05, 4.69) is 11.9 Å². The van der Waals surface area contributed by atoms with Gasteiger partial charge in [0.05, 0.1) is 10.4 Å². The highest BCUT2D eigenvalue weighted by Crippen LogP contribution is 2.46. The van der Waals surface area contributed by atoms with Crippen LogP contribution in [0.3, 0.4) is 0 Å². The van der Waals surface area contributed by atoms with Crippen LogP contribution >= 0.6 is 11.3 Å². The zero-order valence-electron chi connectivity index (χ0n) is 15.2. The van der Waals surface area contributed by atoms with Gasteiger partial charge in [-0.2, -0.15) is 0 Å². The van der Waals surface area contributed by atoms with Crippen LogP contribution in [0.25, 0.3) is 0 Å². The predicted octanol–water partition coefficient (Wildman–Crippen LogP) is 3.25. The fourth-order valence-corrected chi connectivity index (χ4v) is 5.11. The molecule has 2 amide bonds. The molecule has 1 saturated heterocycles. The van der Waals surface area contributed by atoms with Gasteiger partial charge in [0, 0.05) is 31.2 Å². The average Bonchev–Trinajstić information content (AvgIpc) is 3.21. The van der Waals surface area contributed by atoms with Gasteiger partial charge in [-0.3, -0.25) is 9.59 Å². The van der Waals surface area contributed by atoms with E-state index in [4.69, 9.17) is 0 Å². The summed E-state index contributed by atoms with van der Waals surface area (Å²) in [5, 5.41) is 2.86. The standard InChI is InChI=1S/C20H23N3O2S/c1-3-7-17-21-15(12-26-17)18(24)23-11-6-10-20(13-23)14-8-4-5-9-16(14)22(2)19(20)25/h4-5,8-9,12H,3,6-7,10-11,13H2,1-2H3/t20-/m0/s1. The lowest BCUT2D eigenvalue weighted by Crippen LogP contribution is -2.53. The number of likely N-dealkylation sites (tertiary alicyclic amines) is 1. The quantitative estimate of drug-likeness (QED) is 0.835. The molecule has 0 radical (unpaired) electrons. The number of aromatic nitrogens is 1. The number of thiazole rings is 1. The maximum atomic E-state index is 13.1. The number of anilines is 1. The summed E-state index contributed by atoms with van der Waals surface area (Å²) < 4.78 is 0. The molecule has 1 aromatic carbocycles. The number of nitrogens with zero attached hydrogens (tertiary/aromatic N) is 3. The molecule has 0 saturated carbocycles. The van der Waals surface area contributed by atoms with E-state index in [-0.39, 0.29) is 11.8 Å². The first kappa shape index (κ1) is 17.2. The Morgan fingerprint density at radius 2 is 2.15 bits per heavy atom. The zero-order chi connectivity index (χ0) is 18.3. The van der Waals surface area contributed by atoms with Crippen LogP contribution in [0.15, 0.2) is 29.6 Å². The van der Waals surface area contributed by atoms with Crippen molar-refractivity contribution < 1.29 is 9.59 Å². The number of carbonyl (C=O) groups excluding carboxylic acids is 2. The van der Waals surface area contributed by atoms with E-state index in [1.165, 1.54) is 0 Å². The van der Waals surface area contributed by atoms with Crippen molar-refractivity contribution in [2.24, 2.45) is 0 Å². The Bertz CT molecular complexity index is 862. The minimum absolute atomic E-state index is 0.0532. The summed E-state index contributed by atoms with van der Waals surface area (Å²) in [5.74, 6) is 0.0451. The summed E-state index contributed by atoms with van der Waals surface area (Å²) in [6, 6.07) is 7.95. The minimum Gasteiger partial charge on any atom is -0.336 e. The zero-order valence-corrected chi connectivity index (χ0v) is 16.0. The molecule has 1 fully saturated rings. The first-order chi connectivity index (χ1) is 12.6. The van der Waals surface area contributed by atoms with Gasteiger partial charge >= 0.3 is 0 Å². The van der Waals surface area contributed by atoms with Gasteiger partial charge < -0.3 is 9.80 Å². The molecule has 2 aliphatic heterocycles. The molecule has 26 heavy (non-hydrogen) atoms. The van der Waals surface area contributed by atoms with Gasteiger partial charge in [-0.05, 0) is 37.3 Å². The highest BCUT2D eigenvalue weighted by molar-refractivity contribution is 7.09. The molecule has 1 spiro atoms. The topological polar surface area (TPSA) is 53.5 Å². The Labute approximate surface area is 157 Å². The molecule has 0 bridgehead atoms. The van der Waals surface area contributed by atoms with E-state index in [9.17, 15) is 9.59 Å². The van der Waals surface area contributed by atoms with E-state index < -0.39 is 5.41 Å². The summed E-state index contributed by atoms with van der Waals surface area (Å²) in [7, 11) is 1.83. The van der Waals surface area contributed by atoms with Crippen molar-refractivity contribution in [3.8, 4) is 0 Å². The molecule has 2 aliphatic rings. The number of rotatable bonds is 3. The first-order valence-electron chi connectivity index (χ1n) is 9.18. The van der Waals surface area contributed by atoms with Crippen LogP contribution in [0.2, 0.25) is 0 Å². The number of fused-ring (bicyclic) bond motifs is 2. The molecule has 3 heterocycles. The SMILES string of the molecule is CCCc1nc(C(=O)N2CCC[C@@]3(C2)C(=O)N(C)c2ccccc23)cs1. The average molecular weight is 369 g/mol. The summed E-state index contributed by atoms with van der Waals surface area (Å²) in [6.45, 7) is 3.23. The van der Waals surface area contributed by atoms with Crippen LogP contribution in [0, 0.1) is 0 Å². The highest BCUT2D eigenvalue weighted by Gasteiger charge is 2.52. The number of benzene rings is 1. The number of piperidine rings is 1. The maximum absolute atomic E-state index is 13.1. The summed E-state index contributed by atoms with van der Waals surface area (Å²) >= 11 is 1.55. The number of hydrogen-bond acceptors (Lipinski definition) is 4. The lowest BCUT2D eigenvalue weighted by molar-refractivity contribution is -0.124. The van der Waals surface area contributed by atoms with Crippen LogP contribution in [0.1, 0.15) is 47.2 Å². The van der Waals surface area contributed by atoms with E-state index in [0.29, 0.717) is 18.8 Å². The first-order valence-corrected chi connectivity index (χ1v) is 10.1.